The first-order valence-corrected chi connectivity index (χ1v) is 9.92. The molecule has 29 heavy (non-hydrogen) atoms. The van der Waals surface area contributed by atoms with Crippen molar-refractivity contribution in [2.45, 2.75) is 32.2 Å². The number of nitrogens with one attached hydrogen (secondary N) is 1. The van der Waals surface area contributed by atoms with E-state index in [1.807, 2.05) is 6.07 Å². The van der Waals surface area contributed by atoms with Gasteiger partial charge in [0.1, 0.15) is 0 Å². The lowest BCUT2D eigenvalue weighted by Gasteiger charge is -2.18. The van der Waals surface area contributed by atoms with Gasteiger partial charge in [-0.1, -0.05) is 18.2 Å². The minimum atomic E-state index is -0.392. The monoisotopic (exact) mass is 392 g/mol. The molecule has 1 aliphatic carbocycles. The van der Waals surface area contributed by atoms with Crippen molar-refractivity contribution in [3.63, 3.8) is 0 Å². The zero-order valence-electron chi connectivity index (χ0n) is 16.4. The minimum Gasteiger partial charge on any atom is -0.465 e. The molecule has 150 valence electrons. The SMILES string of the molecule is COC(=O)c1ccc(CNC(=O)[C@@H]2CC(=O)N(c3ccc4c(c3)CCC4)C2)cc1. The average Bonchev–Trinajstić information content (AvgIpc) is 3.37. The molecule has 2 aromatic rings. The van der Waals surface area contributed by atoms with Gasteiger partial charge in [-0.05, 0) is 60.2 Å². The Morgan fingerprint density at radius 1 is 1.10 bits per heavy atom. The van der Waals surface area contributed by atoms with Crippen LogP contribution >= 0.6 is 0 Å². The maximum atomic E-state index is 12.6. The predicted molar refractivity (Wildman–Crippen MR) is 109 cm³/mol. The van der Waals surface area contributed by atoms with Crippen LogP contribution in [0.2, 0.25) is 0 Å². The summed E-state index contributed by atoms with van der Waals surface area (Å²) in [4.78, 5) is 38.3. The lowest BCUT2D eigenvalue weighted by molar-refractivity contribution is -0.126. The number of amides is 2. The summed E-state index contributed by atoms with van der Waals surface area (Å²) >= 11 is 0. The Morgan fingerprint density at radius 3 is 2.62 bits per heavy atom. The molecule has 2 aromatic carbocycles. The molecule has 1 atom stereocenters. The molecule has 1 heterocycles. The summed E-state index contributed by atoms with van der Waals surface area (Å²) in [5.41, 5.74) is 4.93. The highest BCUT2D eigenvalue weighted by atomic mass is 16.5. The Balaban J connectivity index is 1.35. The van der Waals surface area contributed by atoms with Gasteiger partial charge in [0.15, 0.2) is 0 Å². The van der Waals surface area contributed by atoms with Gasteiger partial charge in [-0.25, -0.2) is 4.79 Å². The van der Waals surface area contributed by atoms with Crippen LogP contribution in [0.25, 0.3) is 0 Å². The molecule has 4 rings (SSSR count). The Bertz CT molecular complexity index is 952. The standard InChI is InChI=1S/C23H24N2O4/c1-29-23(28)17-7-5-15(6-8-17)13-24-22(27)19-12-21(26)25(14-19)20-10-9-16-3-2-4-18(16)11-20/h5-11,19H,2-4,12-14H2,1H3,(H,24,27)/t19-/m1/s1. The number of ether oxygens (including phenoxy) is 1. The molecule has 1 aliphatic heterocycles. The van der Waals surface area contributed by atoms with E-state index in [4.69, 9.17) is 0 Å². The molecular weight excluding hydrogens is 368 g/mol. The number of carbonyl (C=O) groups is 3. The lowest BCUT2D eigenvalue weighted by Crippen LogP contribution is -2.32. The van der Waals surface area contributed by atoms with Crippen LogP contribution in [0.1, 0.15) is 39.9 Å². The Kier molecular flexibility index (Phi) is 5.34. The van der Waals surface area contributed by atoms with Gasteiger partial charge in [0.2, 0.25) is 11.8 Å². The fourth-order valence-corrected chi connectivity index (χ4v) is 4.07. The Hall–Kier alpha value is -3.15. The smallest absolute Gasteiger partial charge is 0.337 e. The lowest BCUT2D eigenvalue weighted by atomic mass is 10.1. The fourth-order valence-electron chi connectivity index (χ4n) is 4.07. The molecule has 1 saturated heterocycles. The van der Waals surface area contributed by atoms with E-state index in [0.717, 1.165) is 24.1 Å². The molecular formula is C23H24N2O4. The van der Waals surface area contributed by atoms with Gasteiger partial charge in [0.25, 0.3) is 0 Å². The number of nitrogens with zero attached hydrogens (tertiary/aromatic N) is 1. The van der Waals surface area contributed by atoms with Crippen molar-refractivity contribution in [1.82, 2.24) is 5.32 Å². The van der Waals surface area contributed by atoms with Crippen molar-refractivity contribution in [2.75, 3.05) is 18.6 Å². The third-order valence-corrected chi connectivity index (χ3v) is 5.73. The molecule has 2 aliphatic rings. The maximum absolute atomic E-state index is 12.6. The molecule has 0 bridgehead atoms. The van der Waals surface area contributed by atoms with Gasteiger partial charge in [-0.3, -0.25) is 9.59 Å². The molecule has 0 radical (unpaired) electrons. The first kappa shape index (κ1) is 19.2. The van der Waals surface area contributed by atoms with Crippen LogP contribution < -0.4 is 10.2 Å². The number of carbonyl (C=O) groups excluding carboxylic acids is 3. The van der Waals surface area contributed by atoms with E-state index in [0.29, 0.717) is 18.7 Å². The highest BCUT2D eigenvalue weighted by Crippen LogP contribution is 2.30. The third kappa shape index (κ3) is 4.01. The zero-order valence-corrected chi connectivity index (χ0v) is 16.4. The van der Waals surface area contributed by atoms with Gasteiger partial charge in [0.05, 0.1) is 18.6 Å². The van der Waals surface area contributed by atoms with E-state index in [2.05, 4.69) is 22.2 Å². The first-order valence-electron chi connectivity index (χ1n) is 9.92. The molecule has 6 nitrogen and oxygen atoms in total. The van der Waals surface area contributed by atoms with Crippen LogP contribution in [0.15, 0.2) is 42.5 Å². The molecule has 0 saturated carbocycles. The van der Waals surface area contributed by atoms with Crippen LogP contribution in [0.4, 0.5) is 5.69 Å². The first-order chi connectivity index (χ1) is 14.0. The number of fused-ring (bicyclic) bond motifs is 1. The predicted octanol–water partition coefficient (Wildman–Crippen LogP) is 2.63. The van der Waals surface area contributed by atoms with Gasteiger partial charge in [-0.2, -0.15) is 0 Å². The van der Waals surface area contributed by atoms with E-state index < -0.39 is 5.97 Å². The van der Waals surface area contributed by atoms with Crippen molar-refractivity contribution < 1.29 is 19.1 Å². The highest BCUT2D eigenvalue weighted by Gasteiger charge is 2.35. The molecule has 1 N–H and O–H groups in total. The van der Waals surface area contributed by atoms with Crippen LogP contribution in [-0.4, -0.2) is 31.4 Å². The van der Waals surface area contributed by atoms with Crippen LogP contribution in [0.3, 0.4) is 0 Å². The van der Waals surface area contributed by atoms with Crippen molar-refractivity contribution in [1.29, 1.82) is 0 Å². The van der Waals surface area contributed by atoms with E-state index in [-0.39, 0.29) is 24.2 Å². The quantitative estimate of drug-likeness (QED) is 0.794. The number of hydrogen-bond donors (Lipinski definition) is 1. The van der Waals surface area contributed by atoms with Gasteiger partial charge in [0, 0.05) is 25.2 Å². The summed E-state index contributed by atoms with van der Waals surface area (Å²) in [7, 11) is 1.34. The van der Waals surface area contributed by atoms with Gasteiger partial charge in [-0.15, -0.1) is 0 Å². The van der Waals surface area contributed by atoms with Crippen LogP contribution in [0.5, 0.6) is 0 Å². The van der Waals surface area contributed by atoms with Crippen molar-refractivity contribution >= 4 is 23.5 Å². The molecule has 1 fully saturated rings. The summed E-state index contributed by atoms with van der Waals surface area (Å²) in [6, 6.07) is 13.1. The molecule has 0 spiro atoms. The minimum absolute atomic E-state index is 0.00877. The van der Waals surface area contributed by atoms with Crippen molar-refractivity contribution in [3.8, 4) is 0 Å². The number of benzene rings is 2. The van der Waals surface area contributed by atoms with Crippen molar-refractivity contribution in [2.24, 2.45) is 5.92 Å². The number of rotatable bonds is 5. The summed E-state index contributed by atoms with van der Waals surface area (Å²) in [5.74, 6) is -0.883. The second-order valence-electron chi connectivity index (χ2n) is 7.62. The van der Waals surface area contributed by atoms with Crippen molar-refractivity contribution in [3.05, 3.63) is 64.7 Å². The second kappa shape index (κ2) is 8.07. The van der Waals surface area contributed by atoms with Gasteiger partial charge >= 0.3 is 5.97 Å². The summed E-state index contributed by atoms with van der Waals surface area (Å²) < 4.78 is 4.68. The molecule has 0 aromatic heterocycles. The molecule has 0 unspecified atom stereocenters. The number of esters is 1. The summed E-state index contributed by atoms with van der Waals surface area (Å²) in [5, 5.41) is 2.90. The van der Waals surface area contributed by atoms with Crippen LogP contribution in [0, 0.1) is 5.92 Å². The van der Waals surface area contributed by atoms with Gasteiger partial charge < -0.3 is 15.0 Å². The third-order valence-electron chi connectivity index (χ3n) is 5.73. The Labute approximate surface area is 169 Å². The summed E-state index contributed by atoms with van der Waals surface area (Å²) in [6.07, 6.45) is 3.56. The number of anilines is 1. The highest BCUT2D eigenvalue weighted by molar-refractivity contribution is 6.00. The zero-order chi connectivity index (χ0) is 20.4. The average molecular weight is 392 g/mol. The molecule has 6 heteroatoms. The van der Waals surface area contributed by atoms with E-state index in [1.54, 1.807) is 29.2 Å². The number of aryl methyl sites for hydroxylation is 2. The number of hydrogen-bond acceptors (Lipinski definition) is 4. The molecule has 2 amide bonds. The fraction of sp³-hybridized carbons (Fsp3) is 0.348. The Morgan fingerprint density at radius 2 is 1.86 bits per heavy atom. The topological polar surface area (TPSA) is 75.7 Å². The van der Waals surface area contributed by atoms with E-state index in [1.165, 1.54) is 24.7 Å². The van der Waals surface area contributed by atoms with E-state index in [9.17, 15) is 14.4 Å². The largest absolute Gasteiger partial charge is 0.465 e. The summed E-state index contributed by atoms with van der Waals surface area (Å²) in [6.45, 7) is 0.758. The van der Waals surface area contributed by atoms with Crippen LogP contribution in [-0.2, 0) is 33.7 Å². The second-order valence-corrected chi connectivity index (χ2v) is 7.62. The normalized spacial score (nSPS) is 17.9. The van der Waals surface area contributed by atoms with E-state index >= 15 is 0 Å². The maximum Gasteiger partial charge on any atom is 0.337 e. The number of methoxy groups -OCH3 is 1.